The molecule has 1 heterocycles. The highest BCUT2D eigenvalue weighted by Gasteiger charge is 2.23. The molecule has 0 spiro atoms. The van der Waals surface area contributed by atoms with Crippen molar-refractivity contribution in [1.29, 1.82) is 0 Å². The van der Waals surface area contributed by atoms with E-state index in [0.29, 0.717) is 16.9 Å². The molecule has 0 radical (unpaired) electrons. The number of aromatic nitrogens is 2. The molecule has 0 unspecified atom stereocenters. The molecule has 0 atom stereocenters. The van der Waals surface area contributed by atoms with Crippen molar-refractivity contribution in [2.75, 3.05) is 19.5 Å². The van der Waals surface area contributed by atoms with Gasteiger partial charge in [0.1, 0.15) is 17.1 Å². The second-order valence-electron chi connectivity index (χ2n) is 7.13. The maximum absolute atomic E-state index is 13.0. The van der Waals surface area contributed by atoms with Crippen molar-refractivity contribution in [2.24, 2.45) is 14.1 Å². The van der Waals surface area contributed by atoms with Crippen molar-refractivity contribution in [1.82, 2.24) is 9.13 Å². The van der Waals surface area contributed by atoms with E-state index >= 15 is 0 Å². The van der Waals surface area contributed by atoms with E-state index in [-0.39, 0.29) is 11.4 Å². The minimum atomic E-state index is -0.857. The average Bonchev–Trinajstić information content (AvgIpc) is 2.84. The number of nitrogens with zero attached hydrogens (tertiary/aromatic N) is 2. The zero-order valence-electron chi connectivity index (χ0n) is 18.4. The lowest BCUT2D eigenvalue weighted by molar-refractivity contribution is -0.135. The Hall–Kier alpha value is -4.40. The fourth-order valence-corrected chi connectivity index (χ4v) is 3.22. The summed E-state index contributed by atoms with van der Waals surface area (Å²) >= 11 is 0. The van der Waals surface area contributed by atoms with Crippen LogP contribution in [0, 0.1) is 0 Å². The monoisotopic (exact) mass is 449 g/mol. The van der Waals surface area contributed by atoms with Crippen molar-refractivity contribution in [2.45, 2.75) is 0 Å². The lowest BCUT2D eigenvalue weighted by Crippen LogP contribution is -2.42. The van der Waals surface area contributed by atoms with Crippen molar-refractivity contribution in [3.63, 3.8) is 0 Å². The molecule has 1 aromatic heterocycles. The molecule has 0 saturated heterocycles. The molecule has 0 aliphatic rings. The van der Waals surface area contributed by atoms with Crippen LogP contribution in [0.4, 0.5) is 5.82 Å². The van der Waals surface area contributed by atoms with E-state index < -0.39 is 35.2 Å². The van der Waals surface area contributed by atoms with E-state index in [1.807, 2.05) is 0 Å². The molecule has 0 fully saturated rings. The normalized spacial score (nSPS) is 11.2. The van der Waals surface area contributed by atoms with Gasteiger partial charge in [0.25, 0.3) is 5.56 Å². The topological polar surface area (TPSA) is 123 Å². The van der Waals surface area contributed by atoms with Crippen LogP contribution in [0.5, 0.6) is 5.75 Å². The minimum absolute atomic E-state index is 0.189. The third-order valence-electron chi connectivity index (χ3n) is 5.07. The molecule has 33 heavy (non-hydrogen) atoms. The molecule has 0 bridgehead atoms. The van der Waals surface area contributed by atoms with E-state index in [1.54, 1.807) is 60.7 Å². The molecule has 0 aliphatic heterocycles. The van der Waals surface area contributed by atoms with Crippen molar-refractivity contribution in [3.05, 3.63) is 92.1 Å². The minimum Gasteiger partial charge on any atom is -0.496 e. The highest BCUT2D eigenvalue weighted by atomic mass is 16.5. The largest absolute Gasteiger partial charge is 0.496 e. The highest BCUT2D eigenvalue weighted by molar-refractivity contribution is 6.22. The first-order valence-corrected chi connectivity index (χ1v) is 9.92. The van der Waals surface area contributed by atoms with Gasteiger partial charge in [-0.3, -0.25) is 18.7 Å². The standard InChI is InChI=1S/C24H23N3O6/c1-26-21(25)20(22(29)27(2)24(26)31)18(28)14-33-23(30)17(15-9-5-4-6-10-15)13-16-11-7-8-12-19(16)32-3/h4-13H,14,25H2,1-3H3. The summed E-state index contributed by atoms with van der Waals surface area (Å²) in [5.41, 5.74) is 5.26. The second-order valence-corrected chi connectivity index (χ2v) is 7.13. The lowest BCUT2D eigenvalue weighted by atomic mass is 10.0. The summed E-state index contributed by atoms with van der Waals surface area (Å²) < 4.78 is 12.3. The molecule has 9 heteroatoms. The van der Waals surface area contributed by atoms with E-state index in [1.165, 1.54) is 21.2 Å². The van der Waals surface area contributed by atoms with Gasteiger partial charge in [-0.15, -0.1) is 0 Å². The van der Waals surface area contributed by atoms with Crippen molar-refractivity contribution >= 4 is 29.2 Å². The van der Waals surface area contributed by atoms with Crippen LogP contribution < -0.4 is 21.7 Å². The summed E-state index contributed by atoms with van der Waals surface area (Å²) in [5.74, 6) is -1.34. The number of rotatable bonds is 7. The smallest absolute Gasteiger partial charge is 0.339 e. The predicted octanol–water partition coefficient (Wildman–Crippen LogP) is 1.64. The van der Waals surface area contributed by atoms with Crippen LogP contribution in [0.2, 0.25) is 0 Å². The van der Waals surface area contributed by atoms with Gasteiger partial charge in [0.15, 0.2) is 6.61 Å². The Morgan fingerprint density at radius 3 is 2.27 bits per heavy atom. The number of Topliss-reactive ketones (excluding diaryl/α,β-unsaturated/α-hetero) is 1. The molecule has 0 aliphatic carbocycles. The molecule has 0 saturated carbocycles. The number of esters is 1. The SMILES string of the molecule is COc1ccccc1C=C(C(=O)OCC(=O)c1c(N)n(C)c(=O)n(C)c1=O)c1ccccc1. The zero-order valence-corrected chi connectivity index (χ0v) is 18.4. The fraction of sp³-hybridized carbons (Fsp3) is 0.167. The van der Waals surface area contributed by atoms with E-state index in [4.69, 9.17) is 15.2 Å². The zero-order chi connectivity index (χ0) is 24.1. The van der Waals surface area contributed by atoms with Gasteiger partial charge in [-0.1, -0.05) is 48.5 Å². The van der Waals surface area contributed by atoms with E-state index in [2.05, 4.69) is 0 Å². The number of benzene rings is 2. The third-order valence-corrected chi connectivity index (χ3v) is 5.07. The number of hydrogen-bond acceptors (Lipinski definition) is 7. The van der Waals surface area contributed by atoms with Gasteiger partial charge in [0.2, 0.25) is 5.78 Å². The number of anilines is 1. The maximum Gasteiger partial charge on any atom is 0.339 e. The quantitative estimate of drug-likeness (QED) is 0.252. The Kier molecular flexibility index (Phi) is 6.92. The second kappa shape index (κ2) is 9.82. The van der Waals surface area contributed by atoms with Crippen LogP contribution in [0.3, 0.4) is 0 Å². The number of ketones is 1. The van der Waals surface area contributed by atoms with Crippen LogP contribution in [0.25, 0.3) is 11.6 Å². The highest BCUT2D eigenvalue weighted by Crippen LogP contribution is 2.25. The summed E-state index contributed by atoms with van der Waals surface area (Å²) in [4.78, 5) is 50.0. The summed E-state index contributed by atoms with van der Waals surface area (Å²) in [6.45, 7) is -0.730. The summed E-state index contributed by atoms with van der Waals surface area (Å²) in [7, 11) is 4.09. The lowest BCUT2D eigenvalue weighted by Gasteiger charge is -2.12. The van der Waals surface area contributed by atoms with Crippen LogP contribution in [0.15, 0.2) is 64.2 Å². The Balaban J connectivity index is 1.94. The molecule has 0 amide bonds. The maximum atomic E-state index is 13.0. The number of nitrogen functional groups attached to an aromatic ring is 1. The molecule has 2 N–H and O–H groups in total. The number of carbonyl (C=O) groups excluding carboxylic acids is 2. The van der Waals surface area contributed by atoms with Gasteiger partial charge < -0.3 is 15.2 Å². The number of nitrogens with two attached hydrogens (primary N) is 1. The molecule has 3 aromatic rings. The number of hydrogen-bond donors (Lipinski definition) is 1. The summed E-state index contributed by atoms with van der Waals surface area (Å²) in [6, 6.07) is 15.9. The van der Waals surface area contributed by atoms with E-state index in [9.17, 15) is 19.2 Å². The van der Waals surface area contributed by atoms with Crippen molar-refractivity contribution in [3.8, 4) is 5.75 Å². The van der Waals surface area contributed by atoms with Gasteiger partial charge in [0.05, 0.1) is 12.7 Å². The Morgan fingerprint density at radius 1 is 0.970 bits per heavy atom. The van der Waals surface area contributed by atoms with Gasteiger partial charge in [-0.2, -0.15) is 0 Å². The first-order chi connectivity index (χ1) is 15.8. The van der Waals surface area contributed by atoms with Crippen LogP contribution in [-0.2, 0) is 23.6 Å². The Morgan fingerprint density at radius 2 is 1.61 bits per heavy atom. The third kappa shape index (κ3) is 4.77. The van der Waals surface area contributed by atoms with Gasteiger partial charge in [0, 0.05) is 19.7 Å². The Labute approximate surface area is 189 Å². The number of para-hydroxylation sites is 1. The summed E-state index contributed by atoms with van der Waals surface area (Å²) in [5, 5.41) is 0. The number of ether oxygens (including phenoxy) is 2. The first-order valence-electron chi connectivity index (χ1n) is 9.92. The molecule has 3 rings (SSSR count). The van der Waals surface area contributed by atoms with Crippen molar-refractivity contribution < 1.29 is 19.1 Å². The first kappa shape index (κ1) is 23.3. The molecular formula is C24H23N3O6. The van der Waals surface area contributed by atoms with Crippen LogP contribution in [-0.4, -0.2) is 34.6 Å². The van der Waals surface area contributed by atoms with Crippen LogP contribution >= 0.6 is 0 Å². The molecule has 170 valence electrons. The Bertz CT molecular complexity index is 1350. The molecule has 9 nitrogen and oxygen atoms in total. The van der Waals surface area contributed by atoms with Gasteiger partial charge in [-0.25, -0.2) is 9.59 Å². The van der Waals surface area contributed by atoms with E-state index in [0.717, 1.165) is 9.13 Å². The predicted molar refractivity (Wildman–Crippen MR) is 124 cm³/mol. The fourth-order valence-electron chi connectivity index (χ4n) is 3.22. The van der Waals surface area contributed by atoms with Gasteiger partial charge in [-0.05, 0) is 17.7 Å². The number of methoxy groups -OCH3 is 1. The van der Waals surface area contributed by atoms with Gasteiger partial charge >= 0.3 is 11.7 Å². The number of carbonyl (C=O) groups is 2. The summed E-state index contributed by atoms with van der Waals surface area (Å²) in [6.07, 6.45) is 1.60. The van der Waals surface area contributed by atoms with Crippen LogP contribution in [0.1, 0.15) is 21.5 Å². The molecule has 2 aromatic carbocycles. The average molecular weight is 449 g/mol. The molecular weight excluding hydrogens is 426 g/mol.